The number of amides is 1. The van der Waals surface area contributed by atoms with Crippen LogP contribution in [0, 0.1) is 3.57 Å². The van der Waals surface area contributed by atoms with Gasteiger partial charge in [0.2, 0.25) is 16.3 Å². The minimum absolute atomic E-state index is 0.0160. The zero-order valence-electron chi connectivity index (χ0n) is 21.3. The molecule has 2 aromatic rings. The zero-order valence-corrected chi connectivity index (χ0v) is 24.3. The fourth-order valence-electron chi connectivity index (χ4n) is 4.58. The number of halogens is 1. The van der Waals surface area contributed by atoms with Crippen LogP contribution in [0.5, 0.6) is 5.75 Å². The van der Waals surface area contributed by atoms with Gasteiger partial charge in [-0.25, -0.2) is 8.42 Å². The maximum absolute atomic E-state index is 13.2. The number of nitrogens with zero attached hydrogens (tertiary/aromatic N) is 2. The second-order valence-electron chi connectivity index (χ2n) is 9.15. The van der Waals surface area contributed by atoms with E-state index in [2.05, 4.69) is 22.6 Å². The number of rotatable bonds is 11. The summed E-state index contributed by atoms with van der Waals surface area (Å²) in [4.78, 5) is 15.0. The number of ether oxygens (including phenoxy) is 3. The van der Waals surface area contributed by atoms with Crippen LogP contribution < -0.4 is 4.74 Å². The maximum Gasteiger partial charge on any atom is 0.288 e. The Morgan fingerprint density at radius 1 is 1.11 bits per heavy atom. The number of hydrogen-bond donors (Lipinski definition) is 1. The minimum atomic E-state index is -3.86. The number of carbonyl (C=O) groups excluding carboxylic acids is 1. The van der Waals surface area contributed by atoms with Crippen molar-refractivity contribution in [2.45, 2.75) is 36.4 Å². The number of aliphatic hydroxyl groups is 1. The van der Waals surface area contributed by atoms with Crippen LogP contribution in [0.4, 0.5) is 0 Å². The first-order valence-corrected chi connectivity index (χ1v) is 15.1. The Bertz CT molecular complexity index is 1210. The van der Waals surface area contributed by atoms with Crippen LogP contribution in [0.1, 0.15) is 30.7 Å². The molecule has 2 atom stereocenters. The van der Waals surface area contributed by atoms with Crippen molar-refractivity contribution in [3.63, 3.8) is 0 Å². The van der Waals surface area contributed by atoms with Gasteiger partial charge in [-0.1, -0.05) is 12.1 Å². The molecule has 1 N–H and O–H groups in total. The summed E-state index contributed by atoms with van der Waals surface area (Å²) in [6.07, 6.45) is 3.59. The fraction of sp³-hybridized carbons (Fsp3) is 0.444. The summed E-state index contributed by atoms with van der Waals surface area (Å²) in [6, 6.07) is 14.2. The summed E-state index contributed by atoms with van der Waals surface area (Å²) >= 11 is 2.25. The van der Waals surface area contributed by atoms with Crippen LogP contribution in [0.15, 0.2) is 65.3 Å². The molecule has 206 valence electrons. The Kier molecular flexibility index (Phi) is 10.0. The average molecular weight is 657 g/mol. The van der Waals surface area contributed by atoms with Crippen LogP contribution in [0.2, 0.25) is 0 Å². The van der Waals surface area contributed by atoms with Gasteiger partial charge in [0.25, 0.3) is 5.91 Å². The van der Waals surface area contributed by atoms with Crippen LogP contribution in [-0.4, -0.2) is 81.4 Å². The van der Waals surface area contributed by atoms with Crippen molar-refractivity contribution in [3.05, 3.63) is 69.5 Å². The Labute approximate surface area is 237 Å². The van der Waals surface area contributed by atoms with E-state index in [1.165, 1.54) is 23.5 Å². The normalized spacial score (nSPS) is 19.8. The molecule has 2 aromatic carbocycles. The highest BCUT2D eigenvalue weighted by atomic mass is 127. The molecular weight excluding hydrogens is 623 g/mol. The number of benzene rings is 2. The van der Waals surface area contributed by atoms with Crippen molar-refractivity contribution in [3.8, 4) is 5.75 Å². The summed E-state index contributed by atoms with van der Waals surface area (Å²) < 4.78 is 45.8. The fourth-order valence-corrected chi connectivity index (χ4v) is 6.35. The second-order valence-corrected chi connectivity index (χ2v) is 12.3. The molecule has 1 saturated heterocycles. The van der Waals surface area contributed by atoms with E-state index >= 15 is 0 Å². The van der Waals surface area contributed by atoms with Gasteiger partial charge in [-0.15, -0.1) is 0 Å². The first-order valence-electron chi connectivity index (χ1n) is 12.6. The third kappa shape index (κ3) is 7.06. The Morgan fingerprint density at radius 2 is 1.79 bits per heavy atom. The average Bonchev–Trinajstić information content (AvgIpc) is 3.47. The zero-order chi connectivity index (χ0) is 27.1. The highest BCUT2D eigenvalue weighted by Gasteiger charge is 2.32. The molecule has 2 aliphatic heterocycles. The lowest BCUT2D eigenvalue weighted by Gasteiger charge is -2.31. The summed E-state index contributed by atoms with van der Waals surface area (Å²) in [6.45, 7) is 1.05. The first kappa shape index (κ1) is 28.8. The molecular formula is C27H33IN2O7S. The quantitative estimate of drug-likeness (QED) is 0.370. The molecule has 0 unspecified atom stereocenters. The SMILES string of the molecule is COc1ccc(S(=O)(=O)N(CCO)CCO[C@@H]2C[C@H](c3ccc(I)cc3)C=C(C(=O)N3CCCC3)O2)cc1. The lowest BCUT2D eigenvalue weighted by Crippen LogP contribution is -2.38. The van der Waals surface area contributed by atoms with E-state index in [4.69, 9.17) is 14.2 Å². The third-order valence-corrected chi connectivity index (χ3v) is 9.28. The highest BCUT2D eigenvalue weighted by molar-refractivity contribution is 14.1. The van der Waals surface area contributed by atoms with E-state index in [-0.39, 0.29) is 48.8 Å². The summed E-state index contributed by atoms with van der Waals surface area (Å²) in [7, 11) is -2.35. The first-order chi connectivity index (χ1) is 18.3. The Morgan fingerprint density at radius 3 is 2.42 bits per heavy atom. The minimum Gasteiger partial charge on any atom is -0.497 e. The van der Waals surface area contributed by atoms with Crippen molar-refractivity contribution in [2.75, 3.05) is 46.5 Å². The molecule has 38 heavy (non-hydrogen) atoms. The number of sulfonamides is 1. The van der Waals surface area contributed by atoms with E-state index < -0.39 is 16.3 Å². The number of likely N-dealkylation sites (tertiary alicyclic amines) is 1. The molecule has 2 heterocycles. The second kappa shape index (κ2) is 13.2. The summed E-state index contributed by atoms with van der Waals surface area (Å²) in [5, 5.41) is 9.52. The molecule has 0 saturated carbocycles. The van der Waals surface area contributed by atoms with E-state index in [1.807, 2.05) is 30.3 Å². The van der Waals surface area contributed by atoms with Gasteiger partial charge in [0.05, 0.1) is 25.2 Å². The number of aliphatic hydroxyl groups excluding tert-OH is 1. The van der Waals surface area contributed by atoms with Gasteiger partial charge in [0.15, 0.2) is 5.76 Å². The highest BCUT2D eigenvalue weighted by Crippen LogP contribution is 2.33. The molecule has 0 spiro atoms. The van der Waals surface area contributed by atoms with Crippen LogP contribution in [0.25, 0.3) is 0 Å². The Balaban J connectivity index is 1.45. The van der Waals surface area contributed by atoms with Gasteiger partial charge < -0.3 is 24.2 Å². The predicted molar refractivity (Wildman–Crippen MR) is 150 cm³/mol. The number of carbonyl (C=O) groups is 1. The van der Waals surface area contributed by atoms with Gasteiger partial charge in [0, 0.05) is 42.1 Å². The smallest absolute Gasteiger partial charge is 0.288 e. The van der Waals surface area contributed by atoms with Crippen LogP contribution in [-0.2, 0) is 24.3 Å². The molecule has 0 aromatic heterocycles. The number of methoxy groups -OCH3 is 1. The topological polar surface area (TPSA) is 106 Å². The van der Waals surface area contributed by atoms with Crippen molar-refractivity contribution >= 4 is 38.5 Å². The van der Waals surface area contributed by atoms with E-state index in [9.17, 15) is 18.3 Å². The summed E-state index contributed by atoms with van der Waals surface area (Å²) in [5.41, 5.74) is 1.05. The van der Waals surface area contributed by atoms with Gasteiger partial charge in [-0.2, -0.15) is 4.31 Å². The Hall–Kier alpha value is -2.19. The standard InChI is InChI=1S/C27H33IN2O7S/c1-35-23-8-10-24(11-9-23)38(33,34)30(14-16-31)15-17-36-26-19-21(20-4-6-22(28)7-5-20)18-25(37-26)27(32)29-12-2-3-13-29/h4-11,18,21,26,31H,2-3,12-17,19H2,1H3/t21-,26+/m1/s1. The van der Waals surface area contributed by atoms with Crippen molar-refractivity contribution in [1.29, 1.82) is 0 Å². The molecule has 2 aliphatic rings. The predicted octanol–water partition coefficient (Wildman–Crippen LogP) is 3.34. The number of hydrogen-bond acceptors (Lipinski definition) is 7. The van der Waals surface area contributed by atoms with Gasteiger partial charge in [-0.05, 0) is 83.5 Å². The van der Waals surface area contributed by atoms with Crippen molar-refractivity contribution < 1.29 is 32.5 Å². The van der Waals surface area contributed by atoms with Gasteiger partial charge >= 0.3 is 0 Å². The molecule has 0 aliphatic carbocycles. The molecule has 1 fully saturated rings. The molecule has 9 nitrogen and oxygen atoms in total. The van der Waals surface area contributed by atoms with Crippen molar-refractivity contribution in [2.24, 2.45) is 0 Å². The largest absolute Gasteiger partial charge is 0.497 e. The van der Waals surface area contributed by atoms with Gasteiger partial charge in [-0.3, -0.25) is 4.79 Å². The molecule has 0 bridgehead atoms. The lowest BCUT2D eigenvalue weighted by molar-refractivity contribution is -0.152. The monoisotopic (exact) mass is 656 g/mol. The van der Waals surface area contributed by atoms with Crippen LogP contribution in [0.3, 0.4) is 0 Å². The lowest BCUT2D eigenvalue weighted by atomic mass is 9.93. The molecule has 0 radical (unpaired) electrons. The van der Waals surface area contributed by atoms with E-state index in [0.29, 0.717) is 25.3 Å². The van der Waals surface area contributed by atoms with Crippen LogP contribution >= 0.6 is 22.6 Å². The molecule has 4 rings (SSSR count). The number of allylic oxidation sites excluding steroid dienone is 1. The van der Waals surface area contributed by atoms with Crippen molar-refractivity contribution in [1.82, 2.24) is 9.21 Å². The van der Waals surface area contributed by atoms with Gasteiger partial charge in [0.1, 0.15) is 5.75 Å². The summed E-state index contributed by atoms with van der Waals surface area (Å²) in [5.74, 6) is 0.592. The van der Waals surface area contributed by atoms with E-state index in [0.717, 1.165) is 22.0 Å². The third-order valence-electron chi connectivity index (χ3n) is 6.65. The molecule has 11 heteroatoms. The molecule has 1 amide bonds. The maximum atomic E-state index is 13.2. The van der Waals surface area contributed by atoms with E-state index in [1.54, 1.807) is 17.0 Å².